The highest BCUT2D eigenvalue weighted by Gasteiger charge is 2.36. The first-order valence-corrected chi connectivity index (χ1v) is 8.16. The van der Waals surface area contributed by atoms with Crippen molar-refractivity contribution in [3.63, 3.8) is 0 Å². The molecule has 124 valence electrons. The highest BCUT2D eigenvalue weighted by atomic mass is 35.5. The first-order valence-electron chi connectivity index (χ1n) is 7.78. The van der Waals surface area contributed by atoms with E-state index in [-0.39, 0.29) is 11.8 Å². The van der Waals surface area contributed by atoms with Crippen molar-refractivity contribution in [1.82, 2.24) is 9.78 Å². The van der Waals surface area contributed by atoms with Crippen molar-refractivity contribution in [2.24, 2.45) is 0 Å². The Hall–Kier alpha value is -2.92. The summed E-state index contributed by atoms with van der Waals surface area (Å²) in [5, 5.41) is 4.83. The van der Waals surface area contributed by atoms with Crippen LogP contribution in [0, 0.1) is 13.8 Å². The summed E-state index contributed by atoms with van der Waals surface area (Å²) in [5.74, 6) is -0.675. The fraction of sp³-hybridized carbons (Fsp3) is 0.105. The van der Waals surface area contributed by atoms with Crippen LogP contribution in [0.4, 0.5) is 5.69 Å². The second kappa shape index (κ2) is 5.57. The molecule has 0 radical (unpaired) electrons. The van der Waals surface area contributed by atoms with Gasteiger partial charge in [-0.1, -0.05) is 23.7 Å². The molecule has 1 aromatic heterocycles. The molecule has 4 rings (SSSR count). The lowest BCUT2D eigenvalue weighted by atomic mass is 10.1. The van der Waals surface area contributed by atoms with E-state index >= 15 is 0 Å². The van der Waals surface area contributed by atoms with E-state index in [0.29, 0.717) is 27.5 Å². The Labute approximate surface area is 149 Å². The van der Waals surface area contributed by atoms with Crippen LogP contribution in [0.25, 0.3) is 5.69 Å². The summed E-state index contributed by atoms with van der Waals surface area (Å²) >= 11 is 6.42. The maximum atomic E-state index is 12.6. The van der Waals surface area contributed by atoms with E-state index in [9.17, 15) is 9.59 Å². The molecule has 2 aromatic carbocycles. The van der Waals surface area contributed by atoms with Gasteiger partial charge in [0.25, 0.3) is 11.8 Å². The lowest BCUT2D eigenvalue weighted by molar-refractivity contribution is 0.0926. The minimum atomic E-state index is -0.337. The number of hydrogen-bond acceptors (Lipinski definition) is 3. The number of imide groups is 1. The summed E-state index contributed by atoms with van der Waals surface area (Å²) < 4.78 is 1.74. The second-order valence-corrected chi connectivity index (χ2v) is 6.37. The summed E-state index contributed by atoms with van der Waals surface area (Å²) in [6.07, 6.45) is 0. The minimum Gasteiger partial charge on any atom is -0.268 e. The van der Waals surface area contributed by atoms with Gasteiger partial charge in [0.1, 0.15) is 0 Å². The topological polar surface area (TPSA) is 55.2 Å². The van der Waals surface area contributed by atoms with Crippen LogP contribution in [0.1, 0.15) is 32.1 Å². The quantitative estimate of drug-likeness (QED) is 0.657. The summed E-state index contributed by atoms with van der Waals surface area (Å²) in [6, 6.07) is 13.8. The molecule has 3 aromatic rings. The molecule has 0 unspecified atom stereocenters. The number of hydrogen-bond donors (Lipinski definition) is 0. The number of halogens is 1. The number of carbonyl (C=O) groups is 2. The Morgan fingerprint density at radius 1 is 0.920 bits per heavy atom. The van der Waals surface area contributed by atoms with Crippen LogP contribution in [-0.4, -0.2) is 21.6 Å². The number of anilines is 1. The molecular weight excluding hydrogens is 338 g/mol. The van der Waals surface area contributed by atoms with Crippen molar-refractivity contribution >= 4 is 29.1 Å². The Balaban J connectivity index is 1.76. The van der Waals surface area contributed by atoms with Gasteiger partial charge in [-0.05, 0) is 50.2 Å². The molecule has 0 bridgehead atoms. The normalized spacial score (nSPS) is 13.5. The van der Waals surface area contributed by atoms with Gasteiger partial charge in [0, 0.05) is 5.69 Å². The third-order valence-corrected chi connectivity index (χ3v) is 4.52. The molecule has 1 aliphatic heterocycles. The van der Waals surface area contributed by atoms with Crippen LogP contribution in [0.15, 0.2) is 48.5 Å². The number of aromatic nitrogens is 2. The zero-order chi connectivity index (χ0) is 17.7. The second-order valence-electron chi connectivity index (χ2n) is 5.97. The van der Waals surface area contributed by atoms with Gasteiger partial charge < -0.3 is 0 Å². The zero-order valence-corrected chi connectivity index (χ0v) is 14.4. The Kier molecular flexibility index (Phi) is 3.47. The smallest absolute Gasteiger partial charge is 0.266 e. The molecule has 5 nitrogen and oxygen atoms in total. The van der Waals surface area contributed by atoms with Crippen LogP contribution in [0.5, 0.6) is 0 Å². The third-order valence-electron chi connectivity index (χ3n) is 4.22. The SMILES string of the molecule is Cc1cc(C)n(-c2ccc(N3C(=O)c4ccccc4C3=O)cc2Cl)n1. The molecule has 0 spiro atoms. The molecule has 6 heteroatoms. The van der Waals surface area contributed by atoms with E-state index in [1.165, 1.54) is 0 Å². The van der Waals surface area contributed by atoms with Gasteiger partial charge >= 0.3 is 0 Å². The van der Waals surface area contributed by atoms with Gasteiger partial charge in [0.2, 0.25) is 0 Å². The number of rotatable bonds is 2. The molecule has 0 aliphatic carbocycles. The lowest BCUT2D eigenvalue weighted by Gasteiger charge is -2.16. The number of aryl methyl sites for hydroxylation is 2. The van der Waals surface area contributed by atoms with Crippen molar-refractivity contribution in [3.05, 3.63) is 76.1 Å². The summed E-state index contributed by atoms with van der Waals surface area (Å²) in [5.41, 5.74) is 3.80. The third kappa shape index (κ3) is 2.36. The molecular formula is C19H14ClN3O2. The first-order chi connectivity index (χ1) is 12.0. The summed E-state index contributed by atoms with van der Waals surface area (Å²) in [4.78, 5) is 26.3. The molecule has 0 atom stereocenters. The van der Waals surface area contributed by atoms with Crippen LogP contribution in [-0.2, 0) is 0 Å². The Morgan fingerprint density at radius 2 is 1.56 bits per heavy atom. The van der Waals surface area contributed by atoms with Gasteiger partial charge in [0.15, 0.2) is 0 Å². The fourth-order valence-corrected chi connectivity index (χ4v) is 3.36. The van der Waals surface area contributed by atoms with Gasteiger partial charge in [-0.15, -0.1) is 0 Å². The average molecular weight is 352 g/mol. The highest BCUT2D eigenvalue weighted by molar-refractivity contribution is 6.36. The Bertz CT molecular complexity index is 1000. The van der Waals surface area contributed by atoms with Gasteiger partial charge in [0.05, 0.1) is 33.2 Å². The van der Waals surface area contributed by atoms with E-state index in [1.807, 2.05) is 19.9 Å². The van der Waals surface area contributed by atoms with Crippen molar-refractivity contribution in [2.75, 3.05) is 4.90 Å². The standard InChI is InChI=1S/C19H14ClN3O2/c1-11-9-12(2)23(21-11)17-8-7-13(10-16(17)20)22-18(24)14-5-3-4-6-15(14)19(22)25/h3-10H,1-2H3. The molecule has 0 N–H and O–H groups in total. The molecule has 25 heavy (non-hydrogen) atoms. The van der Waals surface area contributed by atoms with Crippen molar-refractivity contribution < 1.29 is 9.59 Å². The number of amides is 2. The monoisotopic (exact) mass is 351 g/mol. The van der Waals surface area contributed by atoms with Crippen LogP contribution in [0.3, 0.4) is 0 Å². The van der Waals surface area contributed by atoms with Crippen molar-refractivity contribution in [3.8, 4) is 5.69 Å². The van der Waals surface area contributed by atoms with E-state index in [1.54, 1.807) is 47.1 Å². The number of benzene rings is 2. The first kappa shape index (κ1) is 15.6. The fourth-order valence-electron chi connectivity index (χ4n) is 3.10. The predicted octanol–water partition coefficient (Wildman–Crippen LogP) is 3.94. The maximum absolute atomic E-state index is 12.6. The van der Waals surface area contributed by atoms with E-state index < -0.39 is 0 Å². The molecule has 0 fully saturated rings. The maximum Gasteiger partial charge on any atom is 0.266 e. The molecule has 0 saturated carbocycles. The van der Waals surface area contributed by atoms with E-state index in [2.05, 4.69) is 5.10 Å². The number of carbonyl (C=O) groups excluding carboxylic acids is 2. The summed E-state index contributed by atoms with van der Waals surface area (Å²) in [6.45, 7) is 3.85. The van der Waals surface area contributed by atoms with Crippen molar-refractivity contribution in [2.45, 2.75) is 13.8 Å². The molecule has 1 aliphatic rings. The van der Waals surface area contributed by atoms with E-state index in [4.69, 9.17) is 11.6 Å². The largest absolute Gasteiger partial charge is 0.268 e. The highest BCUT2D eigenvalue weighted by Crippen LogP contribution is 2.32. The molecule has 2 heterocycles. The zero-order valence-electron chi connectivity index (χ0n) is 13.7. The van der Waals surface area contributed by atoms with Crippen molar-refractivity contribution in [1.29, 1.82) is 0 Å². The van der Waals surface area contributed by atoms with Crippen LogP contribution in [0.2, 0.25) is 5.02 Å². The minimum absolute atomic E-state index is 0.337. The van der Waals surface area contributed by atoms with E-state index in [0.717, 1.165) is 16.3 Å². The van der Waals surface area contributed by atoms with Crippen LogP contribution < -0.4 is 4.90 Å². The predicted molar refractivity (Wildman–Crippen MR) is 95.6 cm³/mol. The number of nitrogens with zero attached hydrogens (tertiary/aromatic N) is 3. The molecule has 2 amide bonds. The number of fused-ring (bicyclic) bond motifs is 1. The molecule has 0 saturated heterocycles. The van der Waals surface area contributed by atoms with Gasteiger partial charge in [-0.25, -0.2) is 9.58 Å². The Morgan fingerprint density at radius 3 is 2.08 bits per heavy atom. The van der Waals surface area contributed by atoms with Crippen LogP contribution >= 0.6 is 11.6 Å². The average Bonchev–Trinajstić information content (AvgIpc) is 3.05. The summed E-state index contributed by atoms with van der Waals surface area (Å²) in [7, 11) is 0. The lowest BCUT2D eigenvalue weighted by Crippen LogP contribution is -2.29. The van der Waals surface area contributed by atoms with Gasteiger partial charge in [-0.2, -0.15) is 5.10 Å². The van der Waals surface area contributed by atoms with Gasteiger partial charge in [-0.3, -0.25) is 9.59 Å².